The van der Waals surface area contributed by atoms with Crippen molar-refractivity contribution in [2.24, 2.45) is 0 Å². The van der Waals surface area contributed by atoms with Crippen LogP contribution in [0.25, 0.3) is 0 Å². The Morgan fingerprint density at radius 1 is 1.24 bits per heavy atom. The van der Waals surface area contributed by atoms with Gasteiger partial charge in [0.05, 0.1) is 5.56 Å². The van der Waals surface area contributed by atoms with E-state index in [2.05, 4.69) is 26.0 Å². The number of carbonyl (C=O) groups is 1. The highest BCUT2D eigenvalue weighted by atomic mass is 79.9. The van der Waals surface area contributed by atoms with Gasteiger partial charge in [-0.25, -0.2) is 0 Å². The third-order valence-electron chi connectivity index (χ3n) is 2.55. The molecular weight excluding hydrogens is 346 g/mol. The number of benzene rings is 2. The van der Waals surface area contributed by atoms with Gasteiger partial charge in [0, 0.05) is 21.9 Å². The first-order valence-electron chi connectivity index (χ1n) is 5.87. The van der Waals surface area contributed by atoms with Crippen LogP contribution in [0.3, 0.4) is 0 Å². The summed E-state index contributed by atoms with van der Waals surface area (Å²) in [6, 6.07) is 10.6. The van der Waals surface area contributed by atoms with Crippen molar-refractivity contribution in [2.45, 2.75) is 6.61 Å². The lowest BCUT2D eigenvalue weighted by Crippen LogP contribution is -2.13. The van der Waals surface area contributed by atoms with Gasteiger partial charge in [0.1, 0.15) is 5.75 Å². The molecule has 0 saturated carbocycles. The van der Waals surface area contributed by atoms with E-state index in [0.29, 0.717) is 21.4 Å². The molecule has 0 aliphatic heterocycles. The molecule has 3 N–H and O–H groups in total. The number of halogens is 3. The molecule has 21 heavy (non-hydrogen) atoms. The minimum Gasteiger partial charge on any atom is -0.435 e. The van der Waals surface area contributed by atoms with Gasteiger partial charge in [-0.15, -0.1) is 0 Å². The molecule has 0 atom stereocenters. The van der Waals surface area contributed by atoms with Crippen molar-refractivity contribution in [1.29, 1.82) is 0 Å². The van der Waals surface area contributed by atoms with Crippen molar-refractivity contribution in [2.75, 3.05) is 11.1 Å². The second kappa shape index (κ2) is 6.53. The normalized spacial score (nSPS) is 10.5. The number of nitrogen functional groups attached to an aromatic ring is 1. The molecule has 0 heterocycles. The van der Waals surface area contributed by atoms with E-state index in [9.17, 15) is 13.6 Å². The SMILES string of the molecule is Nc1ccc(Br)c(C(=O)Nc2cccc(OC(F)F)c2)c1. The van der Waals surface area contributed by atoms with E-state index in [0.717, 1.165) is 0 Å². The van der Waals surface area contributed by atoms with Gasteiger partial charge in [0.2, 0.25) is 0 Å². The fraction of sp³-hybridized carbons (Fsp3) is 0.0714. The highest BCUT2D eigenvalue weighted by molar-refractivity contribution is 9.10. The molecule has 110 valence electrons. The number of carbonyl (C=O) groups excluding carboxylic acids is 1. The van der Waals surface area contributed by atoms with E-state index < -0.39 is 12.5 Å². The largest absolute Gasteiger partial charge is 0.435 e. The van der Waals surface area contributed by atoms with Gasteiger partial charge in [-0.1, -0.05) is 6.07 Å². The van der Waals surface area contributed by atoms with Crippen LogP contribution in [0.2, 0.25) is 0 Å². The molecule has 0 aromatic heterocycles. The highest BCUT2D eigenvalue weighted by Crippen LogP contribution is 2.23. The van der Waals surface area contributed by atoms with Gasteiger partial charge in [0.15, 0.2) is 0 Å². The maximum Gasteiger partial charge on any atom is 0.387 e. The smallest absolute Gasteiger partial charge is 0.387 e. The van der Waals surface area contributed by atoms with Crippen LogP contribution >= 0.6 is 15.9 Å². The van der Waals surface area contributed by atoms with E-state index in [1.165, 1.54) is 24.3 Å². The summed E-state index contributed by atoms with van der Waals surface area (Å²) in [7, 11) is 0. The summed E-state index contributed by atoms with van der Waals surface area (Å²) in [6.07, 6.45) is 0. The van der Waals surface area contributed by atoms with Crippen molar-refractivity contribution >= 4 is 33.2 Å². The summed E-state index contributed by atoms with van der Waals surface area (Å²) < 4.78 is 29.1. The van der Waals surface area contributed by atoms with Crippen LogP contribution in [-0.2, 0) is 0 Å². The van der Waals surface area contributed by atoms with Gasteiger partial charge in [-0.2, -0.15) is 8.78 Å². The first-order valence-corrected chi connectivity index (χ1v) is 6.66. The lowest BCUT2D eigenvalue weighted by molar-refractivity contribution is -0.0497. The third kappa shape index (κ3) is 4.16. The van der Waals surface area contributed by atoms with Crippen LogP contribution in [0.5, 0.6) is 5.75 Å². The Morgan fingerprint density at radius 2 is 2.00 bits per heavy atom. The van der Waals surface area contributed by atoms with E-state index >= 15 is 0 Å². The standard InChI is InChI=1S/C14H11BrF2N2O2/c15-12-5-4-8(18)6-11(12)13(20)19-9-2-1-3-10(7-9)21-14(16)17/h1-7,14H,18H2,(H,19,20). The van der Waals surface area contributed by atoms with Gasteiger partial charge < -0.3 is 15.8 Å². The minimum absolute atomic E-state index is 0.0329. The molecule has 0 unspecified atom stereocenters. The number of anilines is 2. The molecule has 0 radical (unpaired) electrons. The van der Waals surface area contributed by atoms with Crippen LogP contribution in [0.4, 0.5) is 20.2 Å². The fourth-order valence-corrected chi connectivity index (χ4v) is 2.09. The van der Waals surface area contributed by atoms with E-state index in [4.69, 9.17) is 5.73 Å². The fourth-order valence-electron chi connectivity index (χ4n) is 1.67. The molecule has 0 fully saturated rings. The molecule has 0 spiro atoms. The predicted molar refractivity (Wildman–Crippen MR) is 79.6 cm³/mol. The molecule has 0 aliphatic carbocycles. The number of nitrogens with two attached hydrogens (primary N) is 1. The Balaban J connectivity index is 2.17. The van der Waals surface area contributed by atoms with Crippen LogP contribution in [-0.4, -0.2) is 12.5 Å². The molecule has 0 bridgehead atoms. The molecule has 2 aromatic rings. The van der Waals surface area contributed by atoms with Crippen molar-refractivity contribution in [3.8, 4) is 5.75 Å². The Bertz CT molecular complexity index is 665. The average molecular weight is 357 g/mol. The zero-order valence-corrected chi connectivity index (χ0v) is 12.2. The van der Waals surface area contributed by atoms with Crippen LogP contribution < -0.4 is 15.8 Å². The Hall–Kier alpha value is -2.15. The maximum atomic E-state index is 12.1. The second-order valence-corrected chi connectivity index (χ2v) is 4.95. The summed E-state index contributed by atoms with van der Waals surface area (Å²) in [6.45, 7) is -2.92. The number of hydrogen-bond donors (Lipinski definition) is 2. The molecule has 4 nitrogen and oxygen atoms in total. The van der Waals surface area contributed by atoms with Gasteiger partial charge >= 0.3 is 6.61 Å². The van der Waals surface area contributed by atoms with Gasteiger partial charge in [-0.05, 0) is 46.3 Å². The summed E-state index contributed by atoms with van der Waals surface area (Å²) in [5, 5.41) is 2.59. The Kier molecular flexibility index (Phi) is 4.74. The Labute approximate surface area is 128 Å². The summed E-state index contributed by atoms with van der Waals surface area (Å²) >= 11 is 3.25. The monoisotopic (exact) mass is 356 g/mol. The quantitative estimate of drug-likeness (QED) is 0.817. The van der Waals surface area contributed by atoms with Crippen molar-refractivity contribution in [3.05, 3.63) is 52.5 Å². The van der Waals surface area contributed by atoms with E-state index in [-0.39, 0.29) is 5.75 Å². The first kappa shape index (κ1) is 15.2. The first-order chi connectivity index (χ1) is 9.95. The number of hydrogen-bond acceptors (Lipinski definition) is 3. The summed E-state index contributed by atoms with van der Waals surface area (Å²) in [4.78, 5) is 12.1. The number of ether oxygens (including phenoxy) is 1. The van der Waals surface area contributed by atoms with Crippen LogP contribution in [0.1, 0.15) is 10.4 Å². The van der Waals surface area contributed by atoms with E-state index in [1.807, 2.05) is 0 Å². The lowest BCUT2D eigenvalue weighted by atomic mass is 10.2. The zero-order valence-electron chi connectivity index (χ0n) is 10.6. The molecule has 1 amide bonds. The zero-order chi connectivity index (χ0) is 15.4. The van der Waals surface area contributed by atoms with Gasteiger partial charge in [0.25, 0.3) is 5.91 Å². The van der Waals surface area contributed by atoms with Crippen molar-refractivity contribution in [1.82, 2.24) is 0 Å². The minimum atomic E-state index is -2.92. The molecular formula is C14H11BrF2N2O2. The molecule has 7 heteroatoms. The molecule has 0 saturated heterocycles. The average Bonchev–Trinajstić information content (AvgIpc) is 2.41. The van der Waals surface area contributed by atoms with Gasteiger partial charge in [-0.3, -0.25) is 4.79 Å². The molecule has 2 aromatic carbocycles. The van der Waals surface area contributed by atoms with Crippen LogP contribution in [0.15, 0.2) is 46.9 Å². The number of nitrogens with one attached hydrogen (secondary N) is 1. The topological polar surface area (TPSA) is 64.4 Å². The highest BCUT2D eigenvalue weighted by Gasteiger charge is 2.12. The van der Waals surface area contributed by atoms with Crippen LogP contribution in [0, 0.1) is 0 Å². The van der Waals surface area contributed by atoms with Crippen molar-refractivity contribution in [3.63, 3.8) is 0 Å². The number of amides is 1. The summed E-state index contributed by atoms with van der Waals surface area (Å²) in [5.74, 6) is -0.446. The van der Waals surface area contributed by atoms with E-state index in [1.54, 1.807) is 18.2 Å². The Morgan fingerprint density at radius 3 is 2.71 bits per heavy atom. The number of rotatable bonds is 4. The predicted octanol–water partition coefficient (Wildman–Crippen LogP) is 3.89. The number of alkyl halides is 2. The summed E-state index contributed by atoms with van der Waals surface area (Å²) in [5.41, 5.74) is 6.76. The molecule has 2 rings (SSSR count). The van der Waals surface area contributed by atoms with Crippen molar-refractivity contribution < 1.29 is 18.3 Å². The maximum absolute atomic E-state index is 12.1. The second-order valence-electron chi connectivity index (χ2n) is 4.10. The molecule has 0 aliphatic rings. The lowest BCUT2D eigenvalue weighted by Gasteiger charge is -2.09. The third-order valence-corrected chi connectivity index (χ3v) is 3.24.